The molecule has 0 aromatic heterocycles. The zero-order valence-corrected chi connectivity index (χ0v) is 10.8. The maximum Gasteiger partial charge on any atom is 0.223 e. The zero-order chi connectivity index (χ0) is 12.1. The highest BCUT2D eigenvalue weighted by Gasteiger charge is 2.28. The molecule has 4 heteroatoms. The predicted molar refractivity (Wildman–Crippen MR) is 66.8 cm³/mol. The molecule has 1 unspecified atom stereocenters. The molecule has 0 aromatic rings. The second-order valence-electron chi connectivity index (χ2n) is 5.70. The molecular formula is C13H24N2O2. The van der Waals surface area contributed by atoms with Crippen molar-refractivity contribution in [1.82, 2.24) is 10.6 Å². The minimum atomic E-state index is 0.170. The van der Waals surface area contributed by atoms with Crippen molar-refractivity contribution in [2.45, 2.75) is 32.6 Å². The Bertz CT molecular complexity index is 256. The molecule has 0 aliphatic carbocycles. The number of rotatable bonds is 3. The second kappa shape index (κ2) is 5.83. The first-order valence-corrected chi connectivity index (χ1v) is 6.76. The topological polar surface area (TPSA) is 50.4 Å². The van der Waals surface area contributed by atoms with E-state index in [4.69, 9.17) is 4.74 Å². The zero-order valence-electron chi connectivity index (χ0n) is 10.8. The first-order valence-electron chi connectivity index (χ1n) is 6.76. The number of hydrogen-bond acceptors (Lipinski definition) is 3. The van der Waals surface area contributed by atoms with Crippen LogP contribution in [0.5, 0.6) is 0 Å². The number of piperidine rings is 1. The molecule has 0 aromatic carbocycles. The average Bonchev–Trinajstić information content (AvgIpc) is 2.38. The summed E-state index contributed by atoms with van der Waals surface area (Å²) < 4.78 is 5.27. The van der Waals surface area contributed by atoms with Crippen molar-refractivity contribution < 1.29 is 9.53 Å². The Balaban J connectivity index is 1.74. The summed E-state index contributed by atoms with van der Waals surface area (Å²) in [5.41, 5.74) is 0.235. The van der Waals surface area contributed by atoms with Crippen LogP contribution in [0.1, 0.15) is 32.6 Å². The van der Waals surface area contributed by atoms with E-state index in [1.807, 2.05) is 0 Å². The Morgan fingerprint density at radius 1 is 1.47 bits per heavy atom. The van der Waals surface area contributed by atoms with Gasteiger partial charge < -0.3 is 15.4 Å². The number of carbonyl (C=O) groups is 1. The quantitative estimate of drug-likeness (QED) is 0.771. The summed E-state index contributed by atoms with van der Waals surface area (Å²) in [4.78, 5) is 12.0. The van der Waals surface area contributed by atoms with Gasteiger partial charge in [0.15, 0.2) is 0 Å². The van der Waals surface area contributed by atoms with Crippen molar-refractivity contribution in [3.63, 3.8) is 0 Å². The van der Waals surface area contributed by atoms with Crippen LogP contribution < -0.4 is 10.6 Å². The SMILES string of the molecule is CC1(CNC(=O)C2CCOCC2)CCCNC1. The first kappa shape index (κ1) is 12.8. The van der Waals surface area contributed by atoms with Gasteiger partial charge >= 0.3 is 0 Å². The third-order valence-electron chi connectivity index (χ3n) is 3.97. The van der Waals surface area contributed by atoms with E-state index in [0.717, 1.165) is 45.7 Å². The highest BCUT2D eigenvalue weighted by Crippen LogP contribution is 2.24. The Morgan fingerprint density at radius 2 is 2.24 bits per heavy atom. The molecule has 2 N–H and O–H groups in total. The summed E-state index contributed by atoms with van der Waals surface area (Å²) in [5.74, 6) is 0.393. The Labute approximate surface area is 103 Å². The Hall–Kier alpha value is -0.610. The molecule has 0 bridgehead atoms. The highest BCUT2D eigenvalue weighted by molar-refractivity contribution is 5.78. The summed E-state index contributed by atoms with van der Waals surface area (Å²) in [6, 6.07) is 0. The lowest BCUT2D eigenvalue weighted by Crippen LogP contribution is -2.47. The van der Waals surface area contributed by atoms with E-state index in [-0.39, 0.29) is 17.2 Å². The molecule has 0 spiro atoms. The molecule has 17 heavy (non-hydrogen) atoms. The third-order valence-corrected chi connectivity index (χ3v) is 3.97. The fourth-order valence-electron chi connectivity index (χ4n) is 2.67. The van der Waals surface area contributed by atoms with Crippen LogP contribution in [-0.2, 0) is 9.53 Å². The van der Waals surface area contributed by atoms with Crippen molar-refractivity contribution in [3.8, 4) is 0 Å². The molecule has 1 amide bonds. The standard InChI is InChI=1S/C13H24N2O2/c1-13(5-2-6-14-9-13)10-15-12(16)11-3-7-17-8-4-11/h11,14H,2-10H2,1H3,(H,15,16). The van der Waals surface area contributed by atoms with Crippen LogP contribution in [0, 0.1) is 11.3 Å². The van der Waals surface area contributed by atoms with Crippen molar-refractivity contribution in [2.75, 3.05) is 32.8 Å². The second-order valence-corrected chi connectivity index (χ2v) is 5.70. The van der Waals surface area contributed by atoms with E-state index in [0.29, 0.717) is 0 Å². The van der Waals surface area contributed by atoms with Crippen LogP contribution >= 0.6 is 0 Å². The van der Waals surface area contributed by atoms with Gasteiger partial charge in [0.2, 0.25) is 5.91 Å². The monoisotopic (exact) mass is 240 g/mol. The fraction of sp³-hybridized carbons (Fsp3) is 0.923. The summed E-state index contributed by atoms with van der Waals surface area (Å²) in [6.45, 7) is 6.65. The summed E-state index contributed by atoms with van der Waals surface area (Å²) >= 11 is 0. The molecule has 0 radical (unpaired) electrons. The van der Waals surface area contributed by atoms with Crippen molar-refractivity contribution in [2.24, 2.45) is 11.3 Å². The van der Waals surface area contributed by atoms with Crippen LogP contribution in [0.2, 0.25) is 0 Å². The number of hydrogen-bond donors (Lipinski definition) is 2. The van der Waals surface area contributed by atoms with Gasteiger partial charge in [0.25, 0.3) is 0 Å². The van der Waals surface area contributed by atoms with Gasteiger partial charge in [0.1, 0.15) is 0 Å². The number of nitrogens with one attached hydrogen (secondary N) is 2. The average molecular weight is 240 g/mol. The van der Waals surface area contributed by atoms with Crippen molar-refractivity contribution in [3.05, 3.63) is 0 Å². The number of ether oxygens (including phenoxy) is 1. The van der Waals surface area contributed by atoms with Crippen LogP contribution in [0.15, 0.2) is 0 Å². The van der Waals surface area contributed by atoms with Gasteiger partial charge in [0.05, 0.1) is 0 Å². The maximum absolute atomic E-state index is 12.0. The van der Waals surface area contributed by atoms with Gasteiger partial charge in [-0.05, 0) is 37.6 Å². The van der Waals surface area contributed by atoms with Gasteiger partial charge in [-0.15, -0.1) is 0 Å². The van der Waals surface area contributed by atoms with Crippen LogP contribution in [0.3, 0.4) is 0 Å². The number of carbonyl (C=O) groups excluding carboxylic acids is 1. The smallest absolute Gasteiger partial charge is 0.223 e. The minimum Gasteiger partial charge on any atom is -0.381 e. The normalized spacial score (nSPS) is 31.1. The molecule has 2 saturated heterocycles. The minimum absolute atomic E-state index is 0.170. The summed E-state index contributed by atoms with van der Waals surface area (Å²) in [5, 5.41) is 6.54. The molecule has 2 aliphatic heterocycles. The van der Waals surface area contributed by atoms with E-state index >= 15 is 0 Å². The van der Waals surface area contributed by atoms with Crippen LogP contribution in [0.4, 0.5) is 0 Å². The molecule has 4 nitrogen and oxygen atoms in total. The van der Waals surface area contributed by atoms with Crippen molar-refractivity contribution in [1.29, 1.82) is 0 Å². The van der Waals surface area contributed by atoms with Gasteiger partial charge in [0, 0.05) is 32.2 Å². The molecule has 1 atom stereocenters. The number of amides is 1. The Morgan fingerprint density at radius 3 is 2.88 bits per heavy atom. The molecule has 2 fully saturated rings. The Kier molecular flexibility index (Phi) is 4.40. The molecule has 98 valence electrons. The van der Waals surface area contributed by atoms with Crippen molar-refractivity contribution >= 4 is 5.91 Å². The van der Waals surface area contributed by atoms with Gasteiger partial charge in [-0.25, -0.2) is 0 Å². The lowest BCUT2D eigenvalue weighted by molar-refractivity contribution is -0.128. The van der Waals surface area contributed by atoms with Gasteiger partial charge in [-0.3, -0.25) is 4.79 Å². The van der Waals surface area contributed by atoms with Gasteiger partial charge in [-0.1, -0.05) is 6.92 Å². The molecule has 0 saturated carbocycles. The fourth-order valence-corrected chi connectivity index (χ4v) is 2.67. The maximum atomic E-state index is 12.0. The predicted octanol–water partition coefficient (Wildman–Crippen LogP) is 0.919. The van der Waals surface area contributed by atoms with Gasteiger partial charge in [-0.2, -0.15) is 0 Å². The van der Waals surface area contributed by atoms with E-state index in [1.54, 1.807) is 0 Å². The molecule has 2 aliphatic rings. The lowest BCUT2D eigenvalue weighted by atomic mass is 9.82. The highest BCUT2D eigenvalue weighted by atomic mass is 16.5. The summed E-state index contributed by atoms with van der Waals surface area (Å²) in [6.07, 6.45) is 4.17. The lowest BCUT2D eigenvalue weighted by Gasteiger charge is -2.34. The van der Waals surface area contributed by atoms with Crippen LogP contribution in [-0.4, -0.2) is 38.8 Å². The molecular weight excluding hydrogens is 216 g/mol. The van der Waals surface area contributed by atoms with E-state index in [9.17, 15) is 4.79 Å². The van der Waals surface area contributed by atoms with Crippen LogP contribution in [0.25, 0.3) is 0 Å². The summed E-state index contributed by atoms with van der Waals surface area (Å²) in [7, 11) is 0. The van der Waals surface area contributed by atoms with E-state index in [2.05, 4.69) is 17.6 Å². The molecule has 2 rings (SSSR count). The van der Waals surface area contributed by atoms with E-state index in [1.165, 1.54) is 12.8 Å². The largest absolute Gasteiger partial charge is 0.381 e. The first-order chi connectivity index (χ1) is 8.20. The molecule has 2 heterocycles. The van der Waals surface area contributed by atoms with E-state index < -0.39 is 0 Å². The third kappa shape index (κ3) is 3.68.